The molecule has 3 rings (SSSR count). The molecule has 1 heterocycles. The smallest absolute Gasteiger partial charge is 0.162 e. The SMILES string of the molecule is Nc1cc(Br)ccc1CSc1ccc2c(c1)OCCO2. The van der Waals surface area contributed by atoms with Gasteiger partial charge in [-0.05, 0) is 35.9 Å². The summed E-state index contributed by atoms with van der Waals surface area (Å²) in [4.78, 5) is 1.15. The first kappa shape index (κ1) is 13.6. The molecule has 0 saturated heterocycles. The van der Waals surface area contributed by atoms with Crippen LogP contribution in [-0.4, -0.2) is 13.2 Å². The van der Waals surface area contributed by atoms with Gasteiger partial charge in [-0.15, -0.1) is 11.8 Å². The second-order valence-electron chi connectivity index (χ2n) is 4.44. The maximum absolute atomic E-state index is 6.01. The summed E-state index contributed by atoms with van der Waals surface area (Å²) in [6.07, 6.45) is 0. The Labute approximate surface area is 130 Å². The highest BCUT2D eigenvalue weighted by Gasteiger charge is 2.12. The van der Waals surface area contributed by atoms with E-state index in [1.807, 2.05) is 36.4 Å². The minimum absolute atomic E-state index is 0.612. The lowest BCUT2D eigenvalue weighted by Gasteiger charge is -2.18. The third-order valence-corrected chi connectivity index (χ3v) is 4.55. The quantitative estimate of drug-likeness (QED) is 0.667. The molecule has 0 aromatic heterocycles. The van der Waals surface area contributed by atoms with Gasteiger partial charge in [-0.25, -0.2) is 0 Å². The Hall–Kier alpha value is -1.33. The Balaban J connectivity index is 1.72. The highest BCUT2D eigenvalue weighted by molar-refractivity contribution is 9.10. The van der Waals surface area contributed by atoms with Crippen molar-refractivity contribution in [2.24, 2.45) is 0 Å². The predicted molar refractivity (Wildman–Crippen MR) is 85.5 cm³/mol. The second kappa shape index (κ2) is 5.97. The normalized spacial score (nSPS) is 13.2. The van der Waals surface area contributed by atoms with E-state index in [2.05, 4.69) is 15.9 Å². The number of rotatable bonds is 3. The Morgan fingerprint density at radius 2 is 1.85 bits per heavy atom. The molecule has 1 aliphatic heterocycles. The summed E-state index contributed by atoms with van der Waals surface area (Å²) >= 11 is 5.15. The van der Waals surface area contributed by atoms with Crippen molar-refractivity contribution in [3.8, 4) is 11.5 Å². The Kier molecular flexibility index (Phi) is 4.08. The molecule has 3 nitrogen and oxygen atoms in total. The average molecular weight is 352 g/mol. The van der Waals surface area contributed by atoms with Crippen LogP contribution in [0.5, 0.6) is 11.5 Å². The van der Waals surface area contributed by atoms with Crippen molar-refractivity contribution in [2.45, 2.75) is 10.6 Å². The fraction of sp³-hybridized carbons (Fsp3) is 0.200. The largest absolute Gasteiger partial charge is 0.486 e. The second-order valence-corrected chi connectivity index (χ2v) is 6.40. The van der Waals surface area contributed by atoms with E-state index < -0.39 is 0 Å². The number of nitrogen functional groups attached to an aromatic ring is 1. The minimum Gasteiger partial charge on any atom is -0.486 e. The molecule has 0 aliphatic carbocycles. The lowest BCUT2D eigenvalue weighted by Crippen LogP contribution is -2.15. The number of hydrogen-bond acceptors (Lipinski definition) is 4. The molecule has 1 aliphatic rings. The molecule has 0 unspecified atom stereocenters. The van der Waals surface area contributed by atoms with Crippen LogP contribution in [0.3, 0.4) is 0 Å². The third kappa shape index (κ3) is 3.04. The molecule has 0 spiro atoms. The summed E-state index contributed by atoms with van der Waals surface area (Å²) in [6.45, 7) is 1.23. The van der Waals surface area contributed by atoms with E-state index in [0.29, 0.717) is 13.2 Å². The topological polar surface area (TPSA) is 44.5 Å². The van der Waals surface area contributed by atoms with Crippen LogP contribution in [0.1, 0.15) is 5.56 Å². The number of thioether (sulfide) groups is 1. The van der Waals surface area contributed by atoms with Crippen molar-refractivity contribution < 1.29 is 9.47 Å². The zero-order valence-electron chi connectivity index (χ0n) is 10.8. The van der Waals surface area contributed by atoms with E-state index in [0.717, 1.165) is 37.9 Å². The number of anilines is 1. The van der Waals surface area contributed by atoms with Crippen molar-refractivity contribution in [3.05, 3.63) is 46.4 Å². The molecular formula is C15H14BrNO2S. The lowest BCUT2D eigenvalue weighted by molar-refractivity contribution is 0.171. The van der Waals surface area contributed by atoms with E-state index in [-0.39, 0.29) is 0 Å². The maximum atomic E-state index is 6.01. The van der Waals surface area contributed by atoms with Crippen molar-refractivity contribution in [1.29, 1.82) is 0 Å². The summed E-state index contributed by atoms with van der Waals surface area (Å²) in [5, 5.41) is 0. The number of benzene rings is 2. The monoisotopic (exact) mass is 351 g/mol. The number of fused-ring (bicyclic) bond motifs is 1. The summed E-state index contributed by atoms with van der Waals surface area (Å²) in [7, 11) is 0. The van der Waals surface area contributed by atoms with Crippen LogP contribution in [0.25, 0.3) is 0 Å². The minimum atomic E-state index is 0.612. The molecule has 2 aromatic carbocycles. The fourth-order valence-corrected chi connectivity index (χ4v) is 3.29. The first-order valence-corrected chi connectivity index (χ1v) is 8.06. The van der Waals surface area contributed by atoms with E-state index in [1.165, 1.54) is 0 Å². The van der Waals surface area contributed by atoms with Gasteiger partial charge < -0.3 is 15.2 Å². The van der Waals surface area contributed by atoms with E-state index >= 15 is 0 Å². The van der Waals surface area contributed by atoms with Crippen LogP contribution in [0, 0.1) is 0 Å². The first-order chi connectivity index (χ1) is 9.72. The molecule has 20 heavy (non-hydrogen) atoms. The molecule has 5 heteroatoms. The Morgan fingerprint density at radius 3 is 2.65 bits per heavy atom. The van der Waals surface area contributed by atoms with Gasteiger partial charge in [-0.2, -0.15) is 0 Å². The van der Waals surface area contributed by atoms with Crippen molar-refractivity contribution in [3.63, 3.8) is 0 Å². The van der Waals surface area contributed by atoms with Crippen molar-refractivity contribution >= 4 is 33.4 Å². The van der Waals surface area contributed by atoms with E-state index in [9.17, 15) is 0 Å². The van der Waals surface area contributed by atoms with Crippen LogP contribution < -0.4 is 15.2 Å². The highest BCUT2D eigenvalue weighted by atomic mass is 79.9. The summed E-state index contributed by atoms with van der Waals surface area (Å²) < 4.78 is 12.1. The summed E-state index contributed by atoms with van der Waals surface area (Å²) in [5.41, 5.74) is 7.95. The highest BCUT2D eigenvalue weighted by Crippen LogP contribution is 2.35. The van der Waals surface area contributed by atoms with Crippen LogP contribution >= 0.6 is 27.7 Å². The number of nitrogens with two attached hydrogens (primary N) is 1. The number of ether oxygens (including phenoxy) is 2. The predicted octanol–water partition coefficient (Wildman–Crippen LogP) is 4.09. The van der Waals surface area contributed by atoms with Gasteiger partial charge in [0.05, 0.1) is 0 Å². The van der Waals surface area contributed by atoms with Crippen LogP contribution in [-0.2, 0) is 5.75 Å². The zero-order chi connectivity index (χ0) is 13.9. The molecule has 0 bridgehead atoms. The Morgan fingerprint density at radius 1 is 1.05 bits per heavy atom. The van der Waals surface area contributed by atoms with Crippen LogP contribution in [0.15, 0.2) is 45.8 Å². The standard InChI is InChI=1S/C15H14BrNO2S/c16-11-2-1-10(13(17)7-11)9-20-12-3-4-14-15(8-12)19-6-5-18-14/h1-4,7-8H,5-6,9,17H2. The molecule has 2 N–H and O–H groups in total. The summed E-state index contributed by atoms with van der Waals surface area (Å²) in [6, 6.07) is 12.0. The Bertz CT molecular complexity index is 633. The fourth-order valence-electron chi connectivity index (χ4n) is 1.97. The molecule has 0 atom stereocenters. The van der Waals surface area contributed by atoms with Gasteiger partial charge in [-0.1, -0.05) is 22.0 Å². The molecule has 0 saturated carbocycles. The van der Waals surface area contributed by atoms with Gasteiger partial charge in [0.1, 0.15) is 13.2 Å². The zero-order valence-corrected chi connectivity index (χ0v) is 13.2. The molecule has 2 aromatic rings. The molecular weight excluding hydrogens is 338 g/mol. The van der Waals surface area contributed by atoms with Gasteiger partial charge in [0.2, 0.25) is 0 Å². The van der Waals surface area contributed by atoms with Crippen molar-refractivity contribution in [2.75, 3.05) is 18.9 Å². The number of hydrogen-bond donors (Lipinski definition) is 1. The third-order valence-electron chi connectivity index (χ3n) is 3.02. The maximum Gasteiger partial charge on any atom is 0.162 e. The van der Waals surface area contributed by atoms with Gasteiger partial charge in [0, 0.05) is 20.8 Å². The van der Waals surface area contributed by atoms with Gasteiger partial charge >= 0.3 is 0 Å². The van der Waals surface area contributed by atoms with E-state index in [1.54, 1.807) is 11.8 Å². The van der Waals surface area contributed by atoms with E-state index in [4.69, 9.17) is 15.2 Å². The molecule has 0 radical (unpaired) electrons. The van der Waals surface area contributed by atoms with Gasteiger partial charge in [0.15, 0.2) is 11.5 Å². The van der Waals surface area contributed by atoms with Gasteiger partial charge in [0.25, 0.3) is 0 Å². The van der Waals surface area contributed by atoms with Crippen molar-refractivity contribution in [1.82, 2.24) is 0 Å². The molecule has 104 valence electrons. The first-order valence-electron chi connectivity index (χ1n) is 6.29. The average Bonchev–Trinajstić information content (AvgIpc) is 2.46. The van der Waals surface area contributed by atoms with Crippen LogP contribution in [0.2, 0.25) is 0 Å². The van der Waals surface area contributed by atoms with Crippen LogP contribution in [0.4, 0.5) is 5.69 Å². The lowest BCUT2D eigenvalue weighted by atomic mass is 10.2. The molecule has 0 amide bonds. The summed E-state index contributed by atoms with van der Waals surface area (Å²) in [5.74, 6) is 2.48. The molecule has 0 fully saturated rings. The van der Waals surface area contributed by atoms with Gasteiger partial charge in [-0.3, -0.25) is 0 Å². The number of halogens is 1.